The Balaban J connectivity index is 1.94. The first-order valence-electron chi connectivity index (χ1n) is 6.43. The highest BCUT2D eigenvalue weighted by molar-refractivity contribution is 5.82. The number of benzene rings is 1. The van der Waals surface area contributed by atoms with Crippen molar-refractivity contribution < 1.29 is 9.90 Å². The van der Waals surface area contributed by atoms with Crippen molar-refractivity contribution in [2.24, 2.45) is 5.73 Å². The summed E-state index contributed by atoms with van der Waals surface area (Å²) >= 11 is 0. The summed E-state index contributed by atoms with van der Waals surface area (Å²) in [5.74, 6) is -0.0459. The first kappa shape index (κ1) is 13.1. The van der Waals surface area contributed by atoms with Gasteiger partial charge in [0.1, 0.15) is 0 Å². The summed E-state index contributed by atoms with van der Waals surface area (Å²) in [5.41, 5.74) is 7.04. The van der Waals surface area contributed by atoms with E-state index in [-0.39, 0.29) is 12.5 Å². The minimum absolute atomic E-state index is 0.000295. The maximum absolute atomic E-state index is 12.2. The van der Waals surface area contributed by atoms with E-state index < -0.39 is 6.04 Å². The summed E-state index contributed by atoms with van der Waals surface area (Å²) in [6.07, 6.45) is 2.61. The number of aliphatic hydroxyl groups excluding tert-OH is 1. The van der Waals surface area contributed by atoms with E-state index >= 15 is 0 Å². The van der Waals surface area contributed by atoms with E-state index in [2.05, 4.69) is 0 Å². The van der Waals surface area contributed by atoms with Crippen molar-refractivity contribution in [3.05, 3.63) is 35.9 Å². The first-order chi connectivity index (χ1) is 8.72. The van der Waals surface area contributed by atoms with Gasteiger partial charge in [0.15, 0.2) is 0 Å². The zero-order valence-electron chi connectivity index (χ0n) is 10.5. The largest absolute Gasteiger partial charge is 0.395 e. The van der Waals surface area contributed by atoms with E-state index in [1.165, 1.54) is 0 Å². The van der Waals surface area contributed by atoms with Crippen molar-refractivity contribution >= 4 is 5.91 Å². The summed E-state index contributed by atoms with van der Waals surface area (Å²) < 4.78 is 0. The van der Waals surface area contributed by atoms with Crippen molar-refractivity contribution in [2.45, 2.75) is 31.3 Å². The van der Waals surface area contributed by atoms with Gasteiger partial charge in [0, 0.05) is 12.6 Å². The number of hydrogen-bond acceptors (Lipinski definition) is 3. The van der Waals surface area contributed by atoms with Crippen LogP contribution in [0.2, 0.25) is 0 Å². The molecular weight excluding hydrogens is 228 g/mol. The van der Waals surface area contributed by atoms with E-state index in [4.69, 9.17) is 10.8 Å². The fourth-order valence-corrected chi connectivity index (χ4v) is 2.13. The highest BCUT2D eigenvalue weighted by Gasteiger charge is 2.34. The van der Waals surface area contributed by atoms with Gasteiger partial charge in [0.2, 0.25) is 5.91 Å². The predicted octanol–water partition coefficient (Wildman–Crippen LogP) is 0.540. The topological polar surface area (TPSA) is 66.6 Å². The summed E-state index contributed by atoms with van der Waals surface area (Å²) in [5, 5.41) is 9.00. The molecule has 3 N–H and O–H groups in total. The third-order valence-electron chi connectivity index (χ3n) is 3.23. The Bertz CT molecular complexity index is 390. The predicted molar refractivity (Wildman–Crippen MR) is 69.9 cm³/mol. The fraction of sp³-hybridized carbons (Fsp3) is 0.500. The zero-order valence-corrected chi connectivity index (χ0v) is 10.5. The Morgan fingerprint density at radius 1 is 1.39 bits per heavy atom. The van der Waals surface area contributed by atoms with E-state index in [1.54, 1.807) is 4.90 Å². The van der Waals surface area contributed by atoms with Gasteiger partial charge in [-0.05, 0) is 24.8 Å². The van der Waals surface area contributed by atoms with Crippen LogP contribution in [-0.4, -0.2) is 41.1 Å². The average molecular weight is 248 g/mol. The lowest BCUT2D eigenvalue weighted by atomic mass is 10.1. The van der Waals surface area contributed by atoms with Crippen LogP contribution in [0.25, 0.3) is 0 Å². The molecule has 0 unspecified atom stereocenters. The summed E-state index contributed by atoms with van der Waals surface area (Å²) in [4.78, 5) is 13.9. The van der Waals surface area contributed by atoms with E-state index in [1.807, 2.05) is 30.3 Å². The molecule has 1 atom stereocenters. The molecule has 1 fully saturated rings. The monoisotopic (exact) mass is 248 g/mol. The first-order valence-corrected chi connectivity index (χ1v) is 6.43. The van der Waals surface area contributed by atoms with Crippen molar-refractivity contribution in [2.75, 3.05) is 13.2 Å². The van der Waals surface area contributed by atoms with Gasteiger partial charge in [-0.2, -0.15) is 0 Å². The summed E-state index contributed by atoms with van der Waals surface area (Å²) in [6, 6.07) is 9.56. The van der Waals surface area contributed by atoms with Crippen molar-refractivity contribution in [1.82, 2.24) is 4.90 Å². The molecule has 4 nitrogen and oxygen atoms in total. The van der Waals surface area contributed by atoms with E-state index in [0.29, 0.717) is 19.0 Å². The molecule has 1 saturated carbocycles. The average Bonchev–Trinajstić information content (AvgIpc) is 3.20. The Hall–Kier alpha value is -1.39. The molecule has 0 radical (unpaired) electrons. The molecule has 18 heavy (non-hydrogen) atoms. The molecule has 0 aliphatic heterocycles. The highest BCUT2D eigenvalue weighted by Crippen LogP contribution is 2.27. The van der Waals surface area contributed by atoms with E-state index in [9.17, 15) is 4.79 Å². The minimum Gasteiger partial charge on any atom is -0.395 e. The number of aliphatic hydroxyl groups is 1. The fourth-order valence-electron chi connectivity index (χ4n) is 2.13. The molecule has 1 amide bonds. The Morgan fingerprint density at radius 2 is 2.06 bits per heavy atom. The van der Waals surface area contributed by atoms with Crippen LogP contribution in [0.5, 0.6) is 0 Å². The highest BCUT2D eigenvalue weighted by atomic mass is 16.3. The lowest BCUT2D eigenvalue weighted by Crippen LogP contribution is -2.47. The molecule has 1 aromatic carbocycles. The second-order valence-corrected chi connectivity index (χ2v) is 4.78. The van der Waals surface area contributed by atoms with Gasteiger partial charge in [-0.3, -0.25) is 4.79 Å². The van der Waals surface area contributed by atoms with Crippen LogP contribution in [-0.2, 0) is 11.2 Å². The Labute approximate surface area is 107 Å². The minimum atomic E-state index is -0.514. The van der Waals surface area contributed by atoms with Gasteiger partial charge in [-0.25, -0.2) is 0 Å². The molecule has 0 heterocycles. The molecular formula is C14H20N2O2. The molecule has 1 aromatic rings. The van der Waals surface area contributed by atoms with Crippen LogP contribution in [0.4, 0.5) is 0 Å². The van der Waals surface area contributed by atoms with Crippen LogP contribution in [0.1, 0.15) is 18.4 Å². The second kappa shape index (κ2) is 5.98. The van der Waals surface area contributed by atoms with Gasteiger partial charge in [-0.1, -0.05) is 30.3 Å². The number of hydrogen-bond donors (Lipinski definition) is 2. The molecule has 4 heteroatoms. The van der Waals surface area contributed by atoms with Crippen LogP contribution in [0.3, 0.4) is 0 Å². The second-order valence-electron chi connectivity index (χ2n) is 4.78. The van der Waals surface area contributed by atoms with Gasteiger partial charge in [0.25, 0.3) is 0 Å². The van der Waals surface area contributed by atoms with Crippen LogP contribution in [0.15, 0.2) is 30.3 Å². The standard InChI is InChI=1S/C14H20N2O2/c15-13(10-11-4-2-1-3-5-11)14(18)16(8-9-17)12-6-7-12/h1-5,12-13,17H,6-10,15H2/t13-/m0/s1. The molecule has 2 rings (SSSR count). The molecule has 98 valence electrons. The van der Waals surface area contributed by atoms with Crippen LogP contribution >= 0.6 is 0 Å². The normalized spacial score (nSPS) is 16.3. The summed E-state index contributed by atoms with van der Waals surface area (Å²) in [6.45, 7) is 0.395. The number of nitrogens with two attached hydrogens (primary N) is 1. The van der Waals surface area contributed by atoms with Gasteiger partial charge in [0.05, 0.1) is 12.6 Å². The molecule has 0 saturated heterocycles. The quantitative estimate of drug-likeness (QED) is 0.772. The molecule has 0 spiro atoms. The SMILES string of the molecule is N[C@@H](Cc1ccccc1)C(=O)N(CCO)C1CC1. The number of nitrogens with zero attached hydrogens (tertiary/aromatic N) is 1. The third kappa shape index (κ3) is 3.31. The van der Waals surface area contributed by atoms with Crippen molar-refractivity contribution in [3.63, 3.8) is 0 Å². The maximum atomic E-state index is 12.2. The number of carbonyl (C=O) groups excluding carboxylic acids is 1. The van der Waals surface area contributed by atoms with Crippen molar-refractivity contribution in [3.8, 4) is 0 Å². The number of amides is 1. The Kier molecular flexibility index (Phi) is 4.33. The van der Waals surface area contributed by atoms with Gasteiger partial charge >= 0.3 is 0 Å². The summed E-state index contributed by atoms with van der Waals surface area (Å²) in [7, 11) is 0. The molecule has 0 aromatic heterocycles. The smallest absolute Gasteiger partial charge is 0.240 e. The van der Waals surface area contributed by atoms with Crippen LogP contribution in [0, 0.1) is 0 Å². The molecule has 0 bridgehead atoms. The van der Waals surface area contributed by atoms with Gasteiger partial charge in [-0.15, -0.1) is 0 Å². The number of rotatable bonds is 6. The maximum Gasteiger partial charge on any atom is 0.240 e. The molecule has 1 aliphatic carbocycles. The number of carbonyl (C=O) groups is 1. The lowest BCUT2D eigenvalue weighted by Gasteiger charge is -2.24. The zero-order chi connectivity index (χ0) is 13.0. The lowest BCUT2D eigenvalue weighted by molar-refractivity contribution is -0.133. The van der Waals surface area contributed by atoms with E-state index in [0.717, 1.165) is 18.4 Å². The third-order valence-corrected chi connectivity index (χ3v) is 3.23. The van der Waals surface area contributed by atoms with Crippen molar-refractivity contribution in [1.29, 1.82) is 0 Å². The van der Waals surface area contributed by atoms with Crippen LogP contribution < -0.4 is 5.73 Å². The Morgan fingerprint density at radius 3 is 2.61 bits per heavy atom. The van der Waals surface area contributed by atoms with Gasteiger partial charge < -0.3 is 15.7 Å². The molecule has 1 aliphatic rings.